The topological polar surface area (TPSA) is 63.8 Å². The summed E-state index contributed by atoms with van der Waals surface area (Å²) in [5.74, 6) is 0.938. The van der Waals surface area contributed by atoms with Crippen LogP contribution in [0.15, 0.2) is 34.9 Å². The molecule has 0 radical (unpaired) electrons. The minimum atomic E-state index is 0.446. The number of anilines is 3. The van der Waals surface area contributed by atoms with Crippen LogP contribution >= 0.6 is 15.9 Å². The predicted molar refractivity (Wildman–Crippen MR) is 68.6 cm³/mol. The highest BCUT2D eigenvalue weighted by atomic mass is 79.9. The number of rotatable bonds is 2. The number of nitrogens with zero attached hydrogens (tertiary/aromatic N) is 2. The Kier molecular flexibility index (Phi) is 3.05. The van der Waals surface area contributed by atoms with E-state index in [4.69, 9.17) is 5.73 Å². The Bertz CT molecular complexity index is 513. The summed E-state index contributed by atoms with van der Waals surface area (Å²) in [7, 11) is 0. The van der Waals surface area contributed by atoms with Crippen molar-refractivity contribution in [2.24, 2.45) is 0 Å². The molecule has 2 aromatic rings. The summed E-state index contributed by atoms with van der Waals surface area (Å²) < 4.78 is 0.962. The molecule has 0 amide bonds. The number of hydrogen-bond donors (Lipinski definition) is 2. The first-order chi connectivity index (χ1) is 7.65. The molecule has 2 rings (SSSR count). The molecular weight excluding hydrogens is 268 g/mol. The van der Waals surface area contributed by atoms with Crippen LogP contribution in [-0.4, -0.2) is 9.97 Å². The third-order valence-electron chi connectivity index (χ3n) is 2.05. The van der Waals surface area contributed by atoms with Gasteiger partial charge in [0, 0.05) is 10.7 Å². The third-order valence-corrected chi connectivity index (χ3v) is 2.74. The molecule has 1 aromatic carbocycles. The Balaban J connectivity index is 2.30. The molecule has 0 spiro atoms. The molecule has 1 aromatic heterocycles. The summed E-state index contributed by atoms with van der Waals surface area (Å²) in [6, 6.07) is 7.66. The molecule has 0 saturated heterocycles. The molecule has 16 heavy (non-hydrogen) atoms. The van der Waals surface area contributed by atoms with Crippen molar-refractivity contribution in [3.63, 3.8) is 0 Å². The van der Waals surface area contributed by atoms with Crippen LogP contribution in [0.3, 0.4) is 0 Å². The number of hydrogen-bond acceptors (Lipinski definition) is 4. The number of aromatic nitrogens is 2. The van der Waals surface area contributed by atoms with Gasteiger partial charge in [-0.05, 0) is 46.6 Å². The summed E-state index contributed by atoms with van der Waals surface area (Å²) in [5, 5.41) is 3.10. The molecule has 0 aliphatic carbocycles. The van der Waals surface area contributed by atoms with Crippen LogP contribution in [0.5, 0.6) is 0 Å². The van der Waals surface area contributed by atoms with Gasteiger partial charge in [-0.3, -0.25) is 0 Å². The van der Waals surface area contributed by atoms with Gasteiger partial charge in [-0.25, -0.2) is 4.98 Å². The smallest absolute Gasteiger partial charge is 0.229 e. The molecule has 5 heteroatoms. The lowest BCUT2D eigenvalue weighted by atomic mass is 10.2. The van der Waals surface area contributed by atoms with Gasteiger partial charge in [0.15, 0.2) is 0 Å². The number of aryl methyl sites for hydroxylation is 1. The van der Waals surface area contributed by atoms with E-state index in [2.05, 4.69) is 31.2 Å². The van der Waals surface area contributed by atoms with Crippen LogP contribution < -0.4 is 11.1 Å². The maximum atomic E-state index is 5.58. The van der Waals surface area contributed by atoms with Crippen molar-refractivity contribution in [3.8, 4) is 0 Å². The lowest BCUT2D eigenvalue weighted by molar-refractivity contribution is 1.17. The van der Waals surface area contributed by atoms with Crippen molar-refractivity contribution in [1.29, 1.82) is 0 Å². The van der Waals surface area contributed by atoms with E-state index in [-0.39, 0.29) is 0 Å². The number of nitrogens with one attached hydrogen (secondary N) is 1. The molecule has 1 heterocycles. The second kappa shape index (κ2) is 4.49. The van der Waals surface area contributed by atoms with Gasteiger partial charge in [0.05, 0.1) is 5.69 Å². The second-order valence-corrected chi connectivity index (χ2v) is 4.27. The Morgan fingerprint density at radius 3 is 2.88 bits per heavy atom. The zero-order chi connectivity index (χ0) is 11.5. The van der Waals surface area contributed by atoms with Crippen molar-refractivity contribution in [2.45, 2.75) is 6.92 Å². The zero-order valence-electron chi connectivity index (χ0n) is 8.74. The lowest BCUT2D eigenvalue weighted by Crippen LogP contribution is -2.00. The highest BCUT2D eigenvalue weighted by molar-refractivity contribution is 9.10. The van der Waals surface area contributed by atoms with Crippen molar-refractivity contribution >= 4 is 33.4 Å². The van der Waals surface area contributed by atoms with Gasteiger partial charge in [0.1, 0.15) is 5.82 Å². The monoisotopic (exact) mass is 278 g/mol. The van der Waals surface area contributed by atoms with E-state index in [1.165, 1.54) is 0 Å². The number of nitrogen functional groups attached to an aromatic ring is 1. The van der Waals surface area contributed by atoms with Gasteiger partial charge in [-0.15, -0.1) is 0 Å². The van der Waals surface area contributed by atoms with Gasteiger partial charge in [-0.1, -0.05) is 6.07 Å². The number of benzene rings is 1. The van der Waals surface area contributed by atoms with E-state index in [1.54, 1.807) is 12.3 Å². The fourth-order valence-electron chi connectivity index (χ4n) is 1.29. The van der Waals surface area contributed by atoms with E-state index in [0.717, 1.165) is 15.7 Å². The van der Waals surface area contributed by atoms with Crippen LogP contribution in [0, 0.1) is 6.92 Å². The molecule has 0 atom stereocenters. The fraction of sp³-hybridized carbons (Fsp3) is 0.0909. The average molecular weight is 279 g/mol. The summed E-state index contributed by atoms with van der Waals surface area (Å²) in [6.07, 6.45) is 1.62. The zero-order valence-corrected chi connectivity index (χ0v) is 10.3. The first kappa shape index (κ1) is 10.9. The quantitative estimate of drug-likeness (QED) is 0.887. The molecule has 0 aliphatic heterocycles. The average Bonchev–Trinajstić information content (AvgIpc) is 2.24. The molecule has 0 unspecified atom stereocenters. The minimum Gasteiger partial charge on any atom is -0.384 e. The molecule has 0 bridgehead atoms. The normalized spacial score (nSPS) is 10.1. The lowest BCUT2D eigenvalue weighted by Gasteiger charge is -2.07. The summed E-state index contributed by atoms with van der Waals surface area (Å²) in [5.41, 5.74) is 7.66. The van der Waals surface area contributed by atoms with Crippen molar-refractivity contribution in [1.82, 2.24) is 9.97 Å². The van der Waals surface area contributed by atoms with E-state index in [0.29, 0.717) is 11.8 Å². The maximum Gasteiger partial charge on any atom is 0.229 e. The van der Waals surface area contributed by atoms with E-state index < -0.39 is 0 Å². The second-order valence-electron chi connectivity index (χ2n) is 3.41. The van der Waals surface area contributed by atoms with Crippen molar-refractivity contribution in [3.05, 3.63) is 40.5 Å². The van der Waals surface area contributed by atoms with Gasteiger partial charge in [0.2, 0.25) is 5.95 Å². The minimum absolute atomic E-state index is 0.446. The van der Waals surface area contributed by atoms with Gasteiger partial charge in [-0.2, -0.15) is 4.98 Å². The van der Waals surface area contributed by atoms with E-state index in [1.807, 2.05) is 25.1 Å². The molecular formula is C11H11BrN4. The first-order valence-corrected chi connectivity index (χ1v) is 5.56. The summed E-state index contributed by atoms with van der Waals surface area (Å²) in [4.78, 5) is 8.16. The van der Waals surface area contributed by atoms with E-state index >= 15 is 0 Å². The predicted octanol–water partition coefficient (Wildman–Crippen LogP) is 2.87. The van der Waals surface area contributed by atoms with Crippen LogP contribution in [0.1, 0.15) is 5.56 Å². The van der Waals surface area contributed by atoms with Crippen LogP contribution in [-0.2, 0) is 0 Å². The molecule has 4 nitrogen and oxygen atoms in total. The standard InChI is InChI=1S/C11H11BrN4/c1-7-2-3-8(12)9(6-7)15-11-14-5-4-10(13)16-11/h2-6H,1H3,(H3,13,14,15,16). The number of halogens is 1. The maximum absolute atomic E-state index is 5.58. The van der Waals surface area contributed by atoms with E-state index in [9.17, 15) is 0 Å². The Hall–Kier alpha value is -1.62. The van der Waals surface area contributed by atoms with Gasteiger partial charge < -0.3 is 11.1 Å². The molecule has 0 saturated carbocycles. The Labute approximate surface area is 102 Å². The summed E-state index contributed by atoms with van der Waals surface area (Å²) >= 11 is 3.46. The fourth-order valence-corrected chi connectivity index (χ4v) is 1.63. The number of nitrogens with two attached hydrogens (primary N) is 1. The van der Waals surface area contributed by atoms with Crippen LogP contribution in [0.25, 0.3) is 0 Å². The van der Waals surface area contributed by atoms with Gasteiger partial charge in [0.25, 0.3) is 0 Å². The SMILES string of the molecule is Cc1ccc(Br)c(Nc2nccc(N)n2)c1. The molecule has 82 valence electrons. The van der Waals surface area contributed by atoms with Crippen molar-refractivity contribution in [2.75, 3.05) is 11.1 Å². The largest absolute Gasteiger partial charge is 0.384 e. The third kappa shape index (κ3) is 2.49. The van der Waals surface area contributed by atoms with Crippen LogP contribution in [0.4, 0.5) is 17.5 Å². The Morgan fingerprint density at radius 2 is 2.12 bits per heavy atom. The van der Waals surface area contributed by atoms with Gasteiger partial charge >= 0.3 is 0 Å². The van der Waals surface area contributed by atoms with Crippen molar-refractivity contribution < 1.29 is 0 Å². The van der Waals surface area contributed by atoms with Crippen LogP contribution in [0.2, 0.25) is 0 Å². The highest BCUT2D eigenvalue weighted by Gasteiger charge is 2.02. The molecule has 3 N–H and O–H groups in total. The Morgan fingerprint density at radius 1 is 1.31 bits per heavy atom. The summed E-state index contributed by atoms with van der Waals surface area (Å²) in [6.45, 7) is 2.03. The first-order valence-electron chi connectivity index (χ1n) is 4.77. The highest BCUT2D eigenvalue weighted by Crippen LogP contribution is 2.25. The molecule has 0 aliphatic rings. The molecule has 0 fully saturated rings.